The molecule has 3 aliphatic rings. The average Bonchev–Trinajstić information content (AvgIpc) is 3.84. The van der Waals surface area contributed by atoms with Gasteiger partial charge in [-0.25, -0.2) is 9.97 Å². The lowest BCUT2D eigenvalue weighted by Gasteiger charge is -2.44. The predicted octanol–water partition coefficient (Wildman–Crippen LogP) is 5.30. The zero-order valence-corrected chi connectivity index (χ0v) is 27.3. The number of benzene rings is 1. The van der Waals surface area contributed by atoms with Crippen molar-refractivity contribution in [2.45, 2.75) is 103 Å². The summed E-state index contributed by atoms with van der Waals surface area (Å²) in [6.07, 6.45) is 21.3. The topological polar surface area (TPSA) is 91.3 Å². The zero-order valence-electron chi connectivity index (χ0n) is 27.3. The van der Waals surface area contributed by atoms with E-state index in [4.69, 9.17) is 9.72 Å². The summed E-state index contributed by atoms with van der Waals surface area (Å²) in [6.45, 7) is 10.3. The van der Waals surface area contributed by atoms with E-state index < -0.39 is 0 Å². The molecular weight excluding hydrogens is 562 g/mol. The van der Waals surface area contributed by atoms with Gasteiger partial charge < -0.3 is 29.4 Å². The molecule has 9 nitrogen and oxygen atoms in total. The van der Waals surface area contributed by atoms with Crippen molar-refractivity contribution in [2.24, 2.45) is 5.41 Å². The van der Waals surface area contributed by atoms with Crippen LogP contribution >= 0.6 is 0 Å². The molecule has 0 bridgehead atoms. The predicted molar refractivity (Wildman–Crippen MR) is 177 cm³/mol. The van der Waals surface area contributed by atoms with Crippen LogP contribution in [0.5, 0.6) is 0 Å². The molecule has 244 valence electrons. The second kappa shape index (κ2) is 15.5. The highest BCUT2D eigenvalue weighted by molar-refractivity contribution is 5.72. The van der Waals surface area contributed by atoms with Crippen LogP contribution in [0.25, 0.3) is 0 Å². The molecule has 0 amide bonds. The third-order valence-electron chi connectivity index (χ3n) is 10.6. The number of esters is 1. The molecule has 3 aromatic rings. The largest absolute Gasteiger partial charge is 0.466 e. The van der Waals surface area contributed by atoms with Crippen molar-refractivity contribution in [3.05, 3.63) is 71.8 Å². The van der Waals surface area contributed by atoms with Crippen LogP contribution in [-0.4, -0.2) is 80.7 Å². The first-order valence-corrected chi connectivity index (χ1v) is 17.5. The van der Waals surface area contributed by atoms with Crippen molar-refractivity contribution in [2.75, 3.05) is 39.3 Å². The number of aromatic amines is 1. The summed E-state index contributed by atoms with van der Waals surface area (Å²) in [6, 6.07) is 9.04. The quantitative estimate of drug-likeness (QED) is 0.238. The Morgan fingerprint density at radius 3 is 2.56 bits per heavy atom. The van der Waals surface area contributed by atoms with E-state index in [0.29, 0.717) is 25.0 Å². The Morgan fingerprint density at radius 1 is 1.02 bits per heavy atom. The van der Waals surface area contributed by atoms with E-state index in [2.05, 4.69) is 48.0 Å². The van der Waals surface area contributed by atoms with Gasteiger partial charge >= 0.3 is 5.97 Å². The fourth-order valence-corrected chi connectivity index (χ4v) is 7.95. The maximum absolute atomic E-state index is 11.8. The molecule has 1 aliphatic carbocycles. The molecule has 1 atom stereocenters. The number of carbonyl (C=O) groups is 1. The highest BCUT2D eigenvalue weighted by Crippen LogP contribution is 2.41. The monoisotopic (exact) mass is 615 g/mol. The SMILES string of the molecule is CCOC(=O)Cc1ccc(CNC(Cc2nccn2CCCN2CCC3(CCN(C4CCCCC4)CC3)C2)c2ncc[nH]2)cc1. The van der Waals surface area contributed by atoms with Crippen molar-refractivity contribution in [3.63, 3.8) is 0 Å². The molecule has 1 unspecified atom stereocenters. The Balaban J connectivity index is 0.967. The standard InChI is InChI=1S/C36H53N7O2/c1-2-45-34(44)25-29-9-11-30(12-10-29)27-40-32(35-38-16-17-39-35)26-33-37-18-24-43(33)20-6-19-41-21-13-36(28-41)14-22-42(23-15-36)31-7-4-3-5-8-31/h9-12,16-18,24,31-32,40H,2-8,13-15,19-23,25-28H2,1H3,(H,38,39). The first-order valence-electron chi connectivity index (χ1n) is 17.5. The number of aryl methyl sites for hydroxylation is 1. The highest BCUT2D eigenvalue weighted by atomic mass is 16.5. The molecule has 9 heteroatoms. The molecule has 2 saturated heterocycles. The Kier molecular flexibility index (Phi) is 11.0. The van der Waals surface area contributed by atoms with E-state index in [9.17, 15) is 4.79 Å². The zero-order chi connectivity index (χ0) is 30.9. The number of carbonyl (C=O) groups excluding carboxylic acids is 1. The summed E-state index contributed by atoms with van der Waals surface area (Å²) < 4.78 is 7.41. The maximum atomic E-state index is 11.8. The van der Waals surface area contributed by atoms with Crippen molar-refractivity contribution < 1.29 is 9.53 Å². The third-order valence-corrected chi connectivity index (χ3v) is 10.6. The number of hydrogen-bond acceptors (Lipinski definition) is 7. The van der Waals surface area contributed by atoms with Crippen molar-refractivity contribution in [3.8, 4) is 0 Å². The summed E-state index contributed by atoms with van der Waals surface area (Å²) in [5, 5.41) is 3.69. The van der Waals surface area contributed by atoms with Crippen LogP contribution in [0.1, 0.15) is 93.5 Å². The number of hydrogen-bond donors (Lipinski definition) is 2. The van der Waals surface area contributed by atoms with Gasteiger partial charge in [0.15, 0.2) is 0 Å². The Morgan fingerprint density at radius 2 is 1.80 bits per heavy atom. The molecule has 2 N–H and O–H groups in total. The van der Waals surface area contributed by atoms with Crippen LogP contribution in [0.15, 0.2) is 49.1 Å². The second-order valence-corrected chi connectivity index (χ2v) is 13.7. The Hall–Kier alpha value is -3.01. The normalized spacial score (nSPS) is 20.1. The highest BCUT2D eigenvalue weighted by Gasteiger charge is 2.41. The molecule has 1 spiro atoms. The van der Waals surface area contributed by atoms with E-state index in [1.54, 1.807) is 0 Å². The maximum Gasteiger partial charge on any atom is 0.310 e. The first-order chi connectivity index (χ1) is 22.1. The molecule has 1 aromatic carbocycles. The number of H-pyrrole nitrogens is 1. The smallest absolute Gasteiger partial charge is 0.310 e. The lowest BCUT2D eigenvalue weighted by molar-refractivity contribution is -0.142. The van der Waals surface area contributed by atoms with Gasteiger partial charge in [0.1, 0.15) is 11.6 Å². The van der Waals surface area contributed by atoms with E-state index in [0.717, 1.165) is 54.7 Å². The summed E-state index contributed by atoms with van der Waals surface area (Å²) in [4.78, 5) is 30.0. The van der Waals surface area contributed by atoms with Crippen molar-refractivity contribution in [1.29, 1.82) is 0 Å². The van der Waals surface area contributed by atoms with Gasteiger partial charge in [-0.3, -0.25) is 4.79 Å². The first kappa shape index (κ1) is 32.0. The summed E-state index contributed by atoms with van der Waals surface area (Å²) >= 11 is 0. The Bertz CT molecular complexity index is 1310. The summed E-state index contributed by atoms with van der Waals surface area (Å²) in [5.41, 5.74) is 2.69. The van der Waals surface area contributed by atoms with Gasteiger partial charge in [0, 0.05) is 56.9 Å². The Labute approximate surface area is 269 Å². The molecule has 3 fully saturated rings. The van der Waals surface area contributed by atoms with E-state index in [1.807, 2.05) is 37.6 Å². The molecule has 2 aromatic heterocycles. The van der Waals surface area contributed by atoms with Gasteiger partial charge in [0.2, 0.25) is 0 Å². The van der Waals surface area contributed by atoms with Gasteiger partial charge in [0.05, 0.1) is 19.1 Å². The molecular formula is C36H53N7O2. The molecule has 45 heavy (non-hydrogen) atoms. The fourth-order valence-electron chi connectivity index (χ4n) is 7.95. The van der Waals surface area contributed by atoms with Gasteiger partial charge in [0.25, 0.3) is 0 Å². The van der Waals surface area contributed by atoms with Crippen LogP contribution in [0, 0.1) is 5.41 Å². The fraction of sp³-hybridized carbons (Fsp3) is 0.639. The minimum absolute atomic E-state index is 0.0123. The van der Waals surface area contributed by atoms with Crippen molar-refractivity contribution >= 4 is 5.97 Å². The van der Waals surface area contributed by atoms with Crippen LogP contribution in [0.3, 0.4) is 0 Å². The molecule has 4 heterocycles. The van der Waals surface area contributed by atoms with Gasteiger partial charge in [-0.1, -0.05) is 43.5 Å². The number of likely N-dealkylation sites (tertiary alicyclic amines) is 2. The van der Waals surface area contributed by atoms with E-state index in [1.165, 1.54) is 77.5 Å². The lowest BCUT2D eigenvalue weighted by atomic mass is 9.77. The minimum atomic E-state index is -0.188. The van der Waals surface area contributed by atoms with Crippen LogP contribution in [-0.2, 0) is 35.5 Å². The van der Waals surface area contributed by atoms with E-state index in [-0.39, 0.29) is 12.0 Å². The van der Waals surface area contributed by atoms with Crippen LogP contribution in [0.4, 0.5) is 0 Å². The van der Waals surface area contributed by atoms with E-state index >= 15 is 0 Å². The van der Waals surface area contributed by atoms with Gasteiger partial charge in [-0.15, -0.1) is 0 Å². The summed E-state index contributed by atoms with van der Waals surface area (Å²) in [5.74, 6) is 1.81. The average molecular weight is 616 g/mol. The van der Waals surface area contributed by atoms with Gasteiger partial charge in [-0.2, -0.15) is 0 Å². The number of rotatable bonds is 14. The van der Waals surface area contributed by atoms with Crippen LogP contribution in [0.2, 0.25) is 0 Å². The third kappa shape index (κ3) is 8.63. The number of nitrogens with zero attached hydrogens (tertiary/aromatic N) is 5. The molecule has 0 radical (unpaired) electrons. The molecule has 2 aliphatic heterocycles. The number of imidazole rings is 2. The molecule has 6 rings (SSSR count). The summed E-state index contributed by atoms with van der Waals surface area (Å²) in [7, 11) is 0. The number of aromatic nitrogens is 4. The second-order valence-electron chi connectivity index (χ2n) is 13.7. The van der Waals surface area contributed by atoms with Crippen molar-refractivity contribution in [1.82, 2.24) is 34.6 Å². The van der Waals surface area contributed by atoms with Gasteiger partial charge in [-0.05, 0) is 88.2 Å². The molecule has 1 saturated carbocycles. The lowest BCUT2D eigenvalue weighted by Crippen LogP contribution is -2.46. The number of nitrogens with one attached hydrogen (secondary N) is 2. The minimum Gasteiger partial charge on any atom is -0.466 e. The van der Waals surface area contributed by atoms with Crippen LogP contribution < -0.4 is 5.32 Å². The number of piperidine rings is 1. The number of ether oxygens (including phenoxy) is 1.